The average molecular weight is 1230 g/mol. The van der Waals surface area contributed by atoms with E-state index in [0.717, 1.165) is 0 Å². The minimum absolute atomic E-state index is 0.0842. The number of fused-ring (bicyclic) bond motifs is 12. The monoisotopic (exact) mass is 1220 g/mol. The van der Waals surface area contributed by atoms with E-state index in [2.05, 4.69) is 366 Å². The highest BCUT2D eigenvalue weighted by atomic mass is 28.3. The Kier molecular flexibility index (Phi) is 14.0. The molecule has 0 atom stereocenters. The molecular formula is C86H80N4Si2. The predicted molar refractivity (Wildman–Crippen MR) is 404 cm³/mol. The van der Waals surface area contributed by atoms with Gasteiger partial charge in [0.1, 0.15) is 0 Å². The standard InChI is InChI=1S/2C43H40N2Si/c1-43(2,3)31-13-11-14-32(27-31)44-39-19-9-7-17-35(39)37-25-29(21-23-41(37)44)30-22-24-42-38(26-30)36-18-8-10-20-40(36)45(42)33-15-12-16-34(28-33)46(4,5)6;1-43(2,3)31-17-19-32(20-18-31)44-39-13-9-7-11-35(39)37-27-29(15-25-41(37)44)30-16-26-42-38(28-30)36-12-8-10-14-40(36)45(42)33-21-23-34(24-22-33)46(4,5)6/h2*7-28H,1-6H3. The predicted octanol–water partition coefficient (Wildman–Crippen LogP) is 22.8. The van der Waals surface area contributed by atoms with E-state index < -0.39 is 16.1 Å². The van der Waals surface area contributed by atoms with Crippen LogP contribution in [0.1, 0.15) is 52.7 Å². The lowest BCUT2D eigenvalue weighted by molar-refractivity contribution is 0.590. The molecule has 92 heavy (non-hydrogen) atoms. The van der Waals surface area contributed by atoms with Crippen molar-refractivity contribution in [3.8, 4) is 45.0 Å². The fraction of sp³-hybridized carbons (Fsp3) is 0.163. The molecule has 0 aliphatic heterocycles. The molecule has 0 radical (unpaired) electrons. The highest BCUT2D eigenvalue weighted by Gasteiger charge is 2.23. The lowest BCUT2D eigenvalue weighted by Gasteiger charge is -2.20. The second kappa shape index (κ2) is 22.0. The van der Waals surface area contributed by atoms with Crippen molar-refractivity contribution in [3.63, 3.8) is 0 Å². The van der Waals surface area contributed by atoms with Gasteiger partial charge in [0, 0.05) is 65.8 Å². The van der Waals surface area contributed by atoms with Crippen LogP contribution < -0.4 is 10.4 Å². The van der Waals surface area contributed by atoms with E-state index in [-0.39, 0.29) is 10.8 Å². The molecule has 12 aromatic carbocycles. The number of benzene rings is 12. The number of nitrogens with zero attached hydrogens (tertiary/aromatic N) is 4. The van der Waals surface area contributed by atoms with Crippen LogP contribution in [0.15, 0.2) is 267 Å². The van der Waals surface area contributed by atoms with E-state index in [1.54, 1.807) is 0 Å². The molecule has 0 saturated heterocycles. The topological polar surface area (TPSA) is 19.7 Å². The Morgan fingerprint density at radius 1 is 0.217 bits per heavy atom. The van der Waals surface area contributed by atoms with Gasteiger partial charge in [-0.15, -0.1) is 0 Å². The van der Waals surface area contributed by atoms with Gasteiger partial charge in [-0.2, -0.15) is 0 Å². The summed E-state index contributed by atoms with van der Waals surface area (Å²) in [5.41, 5.74) is 22.6. The minimum Gasteiger partial charge on any atom is -0.309 e. The fourth-order valence-corrected chi connectivity index (χ4v) is 16.5. The molecule has 0 unspecified atom stereocenters. The summed E-state index contributed by atoms with van der Waals surface area (Å²) in [7, 11) is -2.82. The molecule has 4 aromatic heterocycles. The lowest BCUT2D eigenvalue weighted by atomic mass is 9.87. The van der Waals surface area contributed by atoms with Crippen LogP contribution in [-0.2, 0) is 10.8 Å². The van der Waals surface area contributed by atoms with Gasteiger partial charge < -0.3 is 18.3 Å². The second-order valence-electron chi connectivity index (χ2n) is 29.5. The smallest absolute Gasteiger partial charge is 0.0776 e. The maximum absolute atomic E-state index is 2.45. The number of aromatic nitrogens is 4. The molecule has 0 N–H and O–H groups in total. The molecule has 452 valence electrons. The number of hydrogen-bond acceptors (Lipinski definition) is 0. The van der Waals surface area contributed by atoms with E-state index in [4.69, 9.17) is 0 Å². The third-order valence-electron chi connectivity index (χ3n) is 19.3. The molecular weight excluding hydrogens is 1150 g/mol. The Labute approximate surface area is 543 Å². The van der Waals surface area contributed by atoms with E-state index in [0.29, 0.717) is 0 Å². The Balaban J connectivity index is 0.000000153. The van der Waals surface area contributed by atoms with Crippen molar-refractivity contribution < 1.29 is 0 Å². The van der Waals surface area contributed by atoms with E-state index >= 15 is 0 Å². The van der Waals surface area contributed by atoms with Gasteiger partial charge in [0.25, 0.3) is 0 Å². The first-order chi connectivity index (χ1) is 44.2. The number of rotatable bonds is 8. The summed E-state index contributed by atoms with van der Waals surface area (Å²) in [6.45, 7) is 28.1. The average Bonchev–Trinajstić information content (AvgIpc) is 1.60. The highest BCUT2D eigenvalue weighted by Crippen LogP contribution is 2.42. The molecule has 0 spiro atoms. The fourth-order valence-electron chi connectivity index (χ4n) is 14.2. The molecule has 6 heteroatoms. The van der Waals surface area contributed by atoms with E-state index in [1.165, 1.54) is 154 Å². The van der Waals surface area contributed by atoms with Crippen LogP contribution in [-0.4, -0.2) is 34.4 Å². The van der Waals surface area contributed by atoms with Gasteiger partial charge in [-0.25, -0.2) is 0 Å². The normalized spacial score (nSPS) is 12.6. The zero-order valence-electron chi connectivity index (χ0n) is 55.2. The Hall–Kier alpha value is -9.73. The van der Waals surface area contributed by atoms with Crippen molar-refractivity contribution in [2.75, 3.05) is 0 Å². The van der Waals surface area contributed by atoms with Crippen molar-refractivity contribution in [1.82, 2.24) is 18.3 Å². The third-order valence-corrected chi connectivity index (χ3v) is 23.4. The summed E-state index contributed by atoms with van der Waals surface area (Å²) >= 11 is 0. The van der Waals surface area contributed by atoms with Crippen molar-refractivity contribution in [2.45, 2.75) is 91.7 Å². The van der Waals surface area contributed by atoms with Crippen LogP contribution in [0, 0.1) is 0 Å². The first-order valence-electron chi connectivity index (χ1n) is 32.7. The zero-order valence-corrected chi connectivity index (χ0v) is 57.2. The molecule has 4 heterocycles. The molecule has 4 nitrogen and oxygen atoms in total. The van der Waals surface area contributed by atoms with E-state index in [9.17, 15) is 0 Å². The van der Waals surface area contributed by atoms with Crippen LogP contribution in [0.3, 0.4) is 0 Å². The first kappa shape index (κ1) is 58.6. The Morgan fingerprint density at radius 2 is 0.522 bits per heavy atom. The summed E-state index contributed by atoms with van der Waals surface area (Å²) in [4.78, 5) is 0. The van der Waals surface area contributed by atoms with Gasteiger partial charge >= 0.3 is 0 Å². The molecule has 0 aliphatic rings. The summed E-state index contributed by atoms with van der Waals surface area (Å²) in [5.74, 6) is 0. The van der Waals surface area contributed by atoms with Crippen LogP contribution in [0.5, 0.6) is 0 Å². The maximum Gasteiger partial charge on any atom is 0.0776 e. The summed E-state index contributed by atoms with van der Waals surface area (Å²) in [5, 5.41) is 13.2. The summed E-state index contributed by atoms with van der Waals surface area (Å²) in [6.07, 6.45) is 0. The van der Waals surface area contributed by atoms with Crippen LogP contribution >= 0.6 is 0 Å². The van der Waals surface area contributed by atoms with Gasteiger partial charge in [-0.05, 0) is 166 Å². The Morgan fingerprint density at radius 3 is 0.870 bits per heavy atom. The third kappa shape index (κ3) is 10.2. The largest absolute Gasteiger partial charge is 0.309 e. The van der Waals surface area contributed by atoms with Gasteiger partial charge in [0.15, 0.2) is 0 Å². The second-order valence-corrected chi connectivity index (χ2v) is 39.7. The lowest BCUT2D eigenvalue weighted by Crippen LogP contribution is -2.37. The molecule has 0 bridgehead atoms. The van der Waals surface area contributed by atoms with Crippen molar-refractivity contribution in [2.24, 2.45) is 0 Å². The molecule has 0 saturated carbocycles. The quantitative estimate of drug-likeness (QED) is 0.135. The molecule has 0 amide bonds. The summed E-state index contributed by atoms with van der Waals surface area (Å²) in [6, 6.07) is 99.8. The van der Waals surface area contributed by atoms with Gasteiger partial charge in [-0.3, -0.25) is 0 Å². The minimum atomic E-state index is -1.45. The van der Waals surface area contributed by atoms with Crippen LogP contribution in [0.2, 0.25) is 39.3 Å². The summed E-state index contributed by atoms with van der Waals surface area (Å²) < 4.78 is 9.70. The van der Waals surface area contributed by atoms with Crippen molar-refractivity contribution in [1.29, 1.82) is 0 Å². The number of hydrogen-bond donors (Lipinski definition) is 0. The zero-order chi connectivity index (χ0) is 63.6. The molecule has 16 rings (SSSR count). The molecule has 16 aromatic rings. The number of para-hydroxylation sites is 4. The highest BCUT2D eigenvalue weighted by molar-refractivity contribution is 6.89. The molecule has 0 fully saturated rings. The van der Waals surface area contributed by atoms with Crippen LogP contribution in [0.4, 0.5) is 0 Å². The van der Waals surface area contributed by atoms with Crippen molar-refractivity contribution in [3.05, 3.63) is 278 Å². The van der Waals surface area contributed by atoms with Crippen LogP contribution in [0.25, 0.3) is 132 Å². The van der Waals surface area contributed by atoms with Gasteiger partial charge in [0.2, 0.25) is 0 Å². The first-order valence-corrected chi connectivity index (χ1v) is 39.7. The van der Waals surface area contributed by atoms with Gasteiger partial charge in [0.05, 0.1) is 60.3 Å². The van der Waals surface area contributed by atoms with Gasteiger partial charge in [-0.1, -0.05) is 237 Å². The van der Waals surface area contributed by atoms with Crippen molar-refractivity contribution >= 4 is 114 Å². The SMILES string of the molecule is CC(C)(C)c1ccc(-n2c3ccccc3c3cc(-c4ccc5c(c4)c4ccccc4n5-c4ccc([Si](C)(C)C)cc4)ccc32)cc1.CC(C)(C)c1cccc(-n2c3ccccc3c3cc(-c4ccc5c(c4)c4ccccc4n5-c4cccc([Si](C)(C)C)c4)ccc32)c1. The molecule has 0 aliphatic carbocycles. The maximum atomic E-state index is 2.45. The Bertz CT molecular complexity index is 5200. The van der Waals surface area contributed by atoms with E-state index in [1.807, 2.05) is 0 Å².